The summed E-state index contributed by atoms with van der Waals surface area (Å²) in [5.41, 5.74) is 5.90. The second kappa shape index (κ2) is 9.96. The van der Waals surface area contributed by atoms with Crippen LogP contribution in [0.2, 0.25) is 0 Å². The number of hydrogen-bond donors (Lipinski definition) is 1. The van der Waals surface area contributed by atoms with Crippen LogP contribution in [0.15, 0.2) is 47.7 Å². The maximum absolute atomic E-state index is 13.3. The van der Waals surface area contributed by atoms with Crippen LogP contribution in [0.1, 0.15) is 30.1 Å². The molecule has 3 rings (SSSR count). The molecule has 32 heavy (non-hydrogen) atoms. The minimum absolute atomic E-state index is 0.0784. The number of amides is 1. The maximum atomic E-state index is 13.3. The molecule has 1 amide bonds. The van der Waals surface area contributed by atoms with Crippen molar-refractivity contribution in [1.82, 2.24) is 4.90 Å². The summed E-state index contributed by atoms with van der Waals surface area (Å²) >= 11 is 0. The molecular formula is C24H25N3O5. The topological polar surface area (TPSA) is 123 Å². The fourth-order valence-electron chi connectivity index (χ4n) is 3.86. The first kappa shape index (κ1) is 22.8. The van der Waals surface area contributed by atoms with Crippen LogP contribution in [0.3, 0.4) is 0 Å². The molecule has 0 spiro atoms. The largest absolute Gasteiger partial charge is 0.496 e. The van der Waals surface area contributed by atoms with E-state index in [4.69, 9.17) is 20.5 Å². The van der Waals surface area contributed by atoms with Gasteiger partial charge < -0.3 is 20.1 Å². The van der Waals surface area contributed by atoms with Gasteiger partial charge in [-0.05, 0) is 37.3 Å². The first-order valence-corrected chi connectivity index (χ1v) is 10.3. The fourth-order valence-corrected chi connectivity index (χ4v) is 3.86. The van der Waals surface area contributed by atoms with Crippen molar-refractivity contribution >= 4 is 28.4 Å². The average molecular weight is 435 g/mol. The van der Waals surface area contributed by atoms with E-state index in [1.807, 2.05) is 24.3 Å². The molecule has 0 bridgehead atoms. The van der Waals surface area contributed by atoms with E-state index in [1.165, 1.54) is 6.92 Å². The predicted molar refractivity (Wildman–Crippen MR) is 118 cm³/mol. The highest BCUT2D eigenvalue weighted by molar-refractivity contribution is 6.08. The number of esters is 1. The third-order valence-corrected chi connectivity index (χ3v) is 5.51. The number of fused-ring (bicyclic) bond motifs is 1. The zero-order valence-electron chi connectivity index (χ0n) is 18.1. The molecule has 1 aliphatic heterocycles. The lowest BCUT2D eigenvalue weighted by Crippen LogP contribution is -2.43. The van der Waals surface area contributed by atoms with Gasteiger partial charge in [0.2, 0.25) is 5.78 Å². The van der Waals surface area contributed by atoms with Gasteiger partial charge >= 0.3 is 5.97 Å². The molecule has 8 nitrogen and oxygen atoms in total. The van der Waals surface area contributed by atoms with Crippen molar-refractivity contribution in [3.63, 3.8) is 0 Å². The van der Waals surface area contributed by atoms with Crippen LogP contribution in [0.4, 0.5) is 0 Å². The summed E-state index contributed by atoms with van der Waals surface area (Å²) in [6.07, 6.45) is 1.19. The molecule has 1 fully saturated rings. The summed E-state index contributed by atoms with van der Waals surface area (Å²) < 4.78 is 10.5. The summed E-state index contributed by atoms with van der Waals surface area (Å²) in [5, 5.41) is 10.6. The molecule has 2 aromatic rings. The zero-order chi connectivity index (χ0) is 23.3. The number of nitriles is 1. The van der Waals surface area contributed by atoms with Crippen molar-refractivity contribution in [3.05, 3.63) is 53.2 Å². The number of ether oxygens (including phenoxy) is 2. The number of nitrogens with two attached hydrogens (primary N) is 1. The summed E-state index contributed by atoms with van der Waals surface area (Å²) in [5.74, 6) is -1.25. The highest BCUT2D eigenvalue weighted by atomic mass is 16.5. The van der Waals surface area contributed by atoms with Gasteiger partial charge in [0.15, 0.2) is 6.61 Å². The SMILES string of the molecule is COc1ccc(C(=O)N2CCC[C@H](C(=O)OCC(=O)/C(C#N)=C(\C)N)C2)c2ccccc12. The number of carbonyl (C=O) groups excluding carboxylic acids is 3. The summed E-state index contributed by atoms with van der Waals surface area (Å²) in [7, 11) is 1.58. The van der Waals surface area contributed by atoms with Crippen molar-refractivity contribution in [2.75, 3.05) is 26.8 Å². The predicted octanol–water partition coefficient (Wildman–Crippen LogP) is 2.57. The first-order valence-electron chi connectivity index (χ1n) is 10.3. The molecule has 8 heteroatoms. The van der Waals surface area contributed by atoms with Crippen molar-refractivity contribution in [2.45, 2.75) is 19.8 Å². The molecule has 1 atom stereocenters. The number of piperidine rings is 1. The molecule has 2 N–H and O–H groups in total. The number of likely N-dealkylation sites (tertiary alicyclic amines) is 1. The Balaban J connectivity index is 1.71. The van der Waals surface area contributed by atoms with Crippen LogP contribution in [-0.4, -0.2) is 49.4 Å². The number of carbonyl (C=O) groups is 3. The first-order chi connectivity index (χ1) is 15.4. The highest BCUT2D eigenvalue weighted by Gasteiger charge is 2.31. The number of methoxy groups -OCH3 is 1. The van der Waals surface area contributed by atoms with E-state index in [0.29, 0.717) is 30.7 Å². The standard InChI is InChI=1S/C24H25N3O5/c1-15(26)20(12-25)21(28)14-32-24(30)16-6-5-11-27(13-16)23(29)19-9-10-22(31-2)18-8-4-3-7-17(18)19/h3-4,7-10,16H,5-6,11,13-14,26H2,1-2H3/b20-15+/t16-/m0/s1. The minimum Gasteiger partial charge on any atom is -0.496 e. The Morgan fingerprint density at radius 3 is 2.56 bits per heavy atom. The van der Waals surface area contributed by atoms with Gasteiger partial charge in [-0.25, -0.2) is 0 Å². The molecule has 166 valence electrons. The number of Topliss-reactive ketones (excluding diaryl/α,β-unsaturated/α-hetero) is 1. The van der Waals surface area contributed by atoms with Crippen LogP contribution >= 0.6 is 0 Å². The third-order valence-electron chi connectivity index (χ3n) is 5.51. The number of benzene rings is 2. The Hall–Kier alpha value is -3.86. The molecule has 1 aliphatic rings. The monoisotopic (exact) mass is 435 g/mol. The normalized spacial score (nSPS) is 16.7. The molecule has 0 saturated carbocycles. The van der Waals surface area contributed by atoms with Crippen molar-refractivity contribution in [1.29, 1.82) is 5.26 Å². The lowest BCUT2D eigenvalue weighted by atomic mass is 9.96. The van der Waals surface area contributed by atoms with Gasteiger partial charge in [0.25, 0.3) is 5.91 Å². The number of nitrogens with zero attached hydrogens (tertiary/aromatic N) is 2. The Morgan fingerprint density at radius 1 is 1.19 bits per heavy atom. The van der Waals surface area contributed by atoms with E-state index in [-0.39, 0.29) is 23.7 Å². The molecule has 0 radical (unpaired) electrons. The van der Waals surface area contributed by atoms with Crippen molar-refractivity contribution in [3.8, 4) is 11.8 Å². The zero-order valence-corrected chi connectivity index (χ0v) is 18.1. The van der Waals surface area contributed by atoms with Crippen molar-refractivity contribution in [2.24, 2.45) is 11.7 Å². The Bertz CT molecular complexity index is 1130. The fraction of sp³-hybridized carbons (Fsp3) is 0.333. The summed E-state index contributed by atoms with van der Waals surface area (Å²) in [6, 6.07) is 12.7. The Kier molecular flexibility index (Phi) is 7.11. The van der Waals surface area contributed by atoms with E-state index in [0.717, 1.165) is 10.8 Å². The molecule has 0 aliphatic carbocycles. The van der Waals surface area contributed by atoms with Crippen LogP contribution in [0.25, 0.3) is 10.8 Å². The number of hydrogen-bond acceptors (Lipinski definition) is 7. The second-order valence-electron chi connectivity index (χ2n) is 7.65. The molecule has 2 aromatic carbocycles. The van der Waals surface area contributed by atoms with Gasteiger partial charge in [0, 0.05) is 29.7 Å². The van der Waals surface area contributed by atoms with Gasteiger partial charge in [0.05, 0.1) is 13.0 Å². The van der Waals surface area contributed by atoms with Gasteiger partial charge in [0.1, 0.15) is 17.4 Å². The second-order valence-corrected chi connectivity index (χ2v) is 7.65. The quantitative estimate of drug-likeness (QED) is 0.420. The van der Waals surface area contributed by atoms with Crippen molar-refractivity contribution < 1.29 is 23.9 Å². The van der Waals surface area contributed by atoms with Gasteiger partial charge in [-0.1, -0.05) is 24.3 Å². The van der Waals surface area contributed by atoms with Gasteiger partial charge in [-0.3, -0.25) is 14.4 Å². The van der Waals surface area contributed by atoms with E-state index in [1.54, 1.807) is 30.2 Å². The number of rotatable bonds is 6. The summed E-state index contributed by atoms with van der Waals surface area (Å²) in [6.45, 7) is 1.61. The maximum Gasteiger partial charge on any atom is 0.311 e. The van der Waals surface area contributed by atoms with E-state index < -0.39 is 24.3 Å². The van der Waals surface area contributed by atoms with E-state index >= 15 is 0 Å². The van der Waals surface area contributed by atoms with Crippen LogP contribution < -0.4 is 10.5 Å². The van der Waals surface area contributed by atoms with Crippen LogP contribution in [-0.2, 0) is 14.3 Å². The molecule has 0 aromatic heterocycles. The van der Waals surface area contributed by atoms with E-state index in [9.17, 15) is 14.4 Å². The lowest BCUT2D eigenvalue weighted by Gasteiger charge is -2.32. The third kappa shape index (κ3) is 4.72. The molecule has 1 saturated heterocycles. The minimum atomic E-state index is -0.644. The van der Waals surface area contributed by atoms with Gasteiger partial charge in [-0.15, -0.1) is 0 Å². The molecular weight excluding hydrogens is 410 g/mol. The molecule has 0 unspecified atom stereocenters. The van der Waals surface area contributed by atoms with Crippen LogP contribution in [0, 0.1) is 17.2 Å². The average Bonchev–Trinajstić information content (AvgIpc) is 2.81. The number of allylic oxidation sites excluding steroid dienone is 1. The molecule has 1 heterocycles. The van der Waals surface area contributed by atoms with Crippen LogP contribution in [0.5, 0.6) is 5.75 Å². The highest BCUT2D eigenvalue weighted by Crippen LogP contribution is 2.30. The van der Waals surface area contributed by atoms with E-state index in [2.05, 4.69) is 0 Å². The Morgan fingerprint density at radius 2 is 1.91 bits per heavy atom. The number of ketones is 1. The Labute approximate surface area is 186 Å². The smallest absolute Gasteiger partial charge is 0.311 e. The lowest BCUT2D eigenvalue weighted by molar-refractivity contribution is -0.152. The van der Waals surface area contributed by atoms with Gasteiger partial charge in [-0.2, -0.15) is 5.26 Å². The summed E-state index contributed by atoms with van der Waals surface area (Å²) in [4.78, 5) is 39.5.